The lowest BCUT2D eigenvalue weighted by Crippen LogP contribution is -2.09. The molecule has 18 heavy (non-hydrogen) atoms. The van der Waals surface area contributed by atoms with Gasteiger partial charge < -0.3 is 15.0 Å². The van der Waals surface area contributed by atoms with E-state index < -0.39 is 0 Å². The Balaban J connectivity index is 1.68. The van der Waals surface area contributed by atoms with E-state index in [4.69, 9.17) is 10.5 Å². The number of anilines is 1. The molecule has 0 aliphatic carbocycles. The first-order chi connectivity index (χ1) is 8.77. The Labute approximate surface area is 107 Å². The Hall–Kier alpha value is -1.81. The van der Waals surface area contributed by atoms with Crippen molar-refractivity contribution in [3.8, 4) is 0 Å². The average molecular weight is 245 g/mol. The van der Waals surface area contributed by atoms with Crippen LogP contribution in [0.25, 0.3) is 0 Å². The zero-order valence-electron chi connectivity index (χ0n) is 10.7. The number of nitrogens with zero attached hydrogens (tertiary/aromatic N) is 2. The summed E-state index contributed by atoms with van der Waals surface area (Å²) in [7, 11) is 0. The van der Waals surface area contributed by atoms with Gasteiger partial charge in [0.2, 0.25) is 0 Å². The van der Waals surface area contributed by atoms with Crippen LogP contribution in [0, 0.1) is 6.92 Å². The van der Waals surface area contributed by atoms with E-state index in [1.54, 1.807) is 6.20 Å². The van der Waals surface area contributed by atoms with Crippen molar-refractivity contribution in [1.82, 2.24) is 9.55 Å². The molecule has 4 heteroatoms. The molecule has 0 fully saturated rings. The normalized spacial score (nSPS) is 10.7. The fourth-order valence-corrected chi connectivity index (χ4v) is 1.85. The van der Waals surface area contributed by atoms with Crippen LogP contribution in [0.3, 0.4) is 0 Å². The highest BCUT2D eigenvalue weighted by molar-refractivity contribution is 5.46. The summed E-state index contributed by atoms with van der Waals surface area (Å²) in [5.41, 5.74) is 7.85. The van der Waals surface area contributed by atoms with Gasteiger partial charge in [-0.1, -0.05) is 18.2 Å². The van der Waals surface area contributed by atoms with Gasteiger partial charge in [0.15, 0.2) is 0 Å². The van der Waals surface area contributed by atoms with E-state index >= 15 is 0 Å². The number of aryl methyl sites for hydroxylation is 1. The van der Waals surface area contributed by atoms with Gasteiger partial charge in [-0.25, -0.2) is 4.98 Å². The highest BCUT2D eigenvalue weighted by atomic mass is 16.5. The molecule has 0 saturated carbocycles. The van der Waals surface area contributed by atoms with Gasteiger partial charge in [0.25, 0.3) is 0 Å². The second-order valence-electron chi connectivity index (χ2n) is 4.23. The number of rotatable bonds is 6. The van der Waals surface area contributed by atoms with Crippen LogP contribution in [0.4, 0.5) is 5.69 Å². The third kappa shape index (κ3) is 3.34. The molecule has 0 atom stereocenters. The van der Waals surface area contributed by atoms with Crippen LogP contribution in [0.2, 0.25) is 0 Å². The molecule has 0 spiro atoms. The predicted molar refractivity (Wildman–Crippen MR) is 72.3 cm³/mol. The number of ether oxygens (including phenoxy) is 1. The number of aromatic nitrogens is 2. The molecule has 96 valence electrons. The van der Waals surface area contributed by atoms with E-state index in [0.717, 1.165) is 30.0 Å². The summed E-state index contributed by atoms with van der Waals surface area (Å²) in [6.07, 6.45) is 4.63. The predicted octanol–water partition coefficient (Wildman–Crippen LogP) is 2.03. The summed E-state index contributed by atoms with van der Waals surface area (Å²) in [5.74, 6) is 1.02. The van der Waals surface area contributed by atoms with E-state index in [9.17, 15) is 0 Å². The molecular formula is C14H19N3O. The third-order valence-electron chi connectivity index (χ3n) is 2.97. The number of hydrogen-bond donors (Lipinski definition) is 1. The van der Waals surface area contributed by atoms with E-state index in [-0.39, 0.29) is 0 Å². The Morgan fingerprint density at radius 3 is 2.83 bits per heavy atom. The van der Waals surface area contributed by atoms with Crippen molar-refractivity contribution < 1.29 is 4.74 Å². The minimum absolute atomic E-state index is 0.696. The van der Waals surface area contributed by atoms with Gasteiger partial charge in [-0.3, -0.25) is 0 Å². The van der Waals surface area contributed by atoms with Crippen LogP contribution >= 0.6 is 0 Å². The van der Waals surface area contributed by atoms with Crippen LogP contribution in [-0.4, -0.2) is 22.8 Å². The maximum Gasteiger partial charge on any atom is 0.105 e. The van der Waals surface area contributed by atoms with Crippen molar-refractivity contribution in [1.29, 1.82) is 0 Å². The smallest absolute Gasteiger partial charge is 0.105 e. The maximum atomic E-state index is 5.86. The molecule has 2 aromatic rings. The van der Waals surface area contributed by atoms with Crippen molar-refractivity contribution in [2.45, 2.75) is 19.9 Å². The van der Waals surface area contributed by atoms with Gasteiger partial charge in [-0.2, -0.15) is 0 Å². The Kier molecular flexibility index (Phi) is 4.36. The van der Waals surface area contributed by atoms with Crippen molar-refractivity contribution in [2.24, 2.45) is 0 Å². The molecule has 0 saturated heterocycles. The molecule has 0 unspecified atom stereocenters. The molecule has 1 aromatic carbocycles. The number of nitrogens with two attached hydrogens (primary N) is 1. The van der Waals surface area contributed by atoms with Crippen LogP contribution in [-0.2, 0) is 17.7 Å². The Bertz CT molecular complexity index is 493. The summed E-state index contributed by atoms with van der Waals surface area (Å²) >= 11 is 0. The number of benzene rings is 1. The quantitative estimate of drug-likeness (QED) is 0.626. The molecule has 1 heterocycles. The second kappa shape index (κ2) is 6.21. The van der Waals surface area contributed by atoms with Crippen LogP contribution in [0.15, 0.2) is 36.7 Å². The first-order valence-electron chi connectivity index (χ1n) is 6.16. The molecular weight excluding hydrogens is 226 g/mol. The molecule has 0 radical (unpaired) electrons. The summed E-state index contributed by atoms with van der Waals surface area (Å²) in [4.78, 5) is 4.17. The van der Waals surface area contributed by atoms with Crippen LogP contribution < -0.4 is 5.73 Å². The first-order valence-corrected chi connectivity index (χ1v) is 6.16. The molecule has 1 aromatic heterocycles. The van der Waals surface area contributed by atoms with E-state index in [1.807, 2.05) is 37.4 Å². The standard InChI is InChI=1S/C14H19N3O/c1-12-16-7-8-17(12)9-11-18-10-6-13-4-2-3-5-14(13)15/h2-5,7-8H,6,9-11,15H2,1H3. The number of hydrogen-bond acceptors (Lipinski definition) is 3. The molecule has 2 rings (SSSR count). The second-order valence-corrected chi connectivity index (χ2v) is 4.23. The lowest BCUT2D eigenvalue weighted by atomic mass is 10.1. The lowest BCUT2D eigenvalue weighted by molar-refractivity contribution is 0.129. The van der Waals surface area contributed by atoms with Gasteiger partial charge in [-0.15, -0.1) is 0 Å². The summed E-state index contributed by atoms with van der Waals surface area (Å²) in [6.45, 7) is 4.23. The molecule has 0 aliphatic heterocycles. The molecule has 0 amide bonds. The monoisotopic (exact) mass is 245 g/mol. The van der Waals surface area contributed by atoms with Crippen LogP contribution in [0.1, 0.15) is 11.4 Å². The van der Waals surface area contributed by atoms with Crippen molar-refractivity contribution in [3.05, 3.63) is 48.0 Å². The van der Waals surface area contributed by atoms with Gasteiger partial charge in [0.1, 0.15) is 5.82 Å². The minimum atomic E-state index is 0.696. The minimum Gasteiger partial charge on any atom is -0.399 e. The van der Waals surface area contributed by atoms with Gasteiger partial charge >= 0.3 is 0 Å². The first kappa shape index (κ1) is 12.6. The van der Waals surface area contributed by atoms with E-state index in [1.165, 1.54) is 0 Å². The summed E-state index contributed by atoms with van der Waals surface area (Å²) in [5, 5.41) is 0. The zero-order chi connectivity index (χ0) is 12.8. The fourth-order valence-electron chi connectivity index (χ4n) is 1.85. The largest absolute Gasteiger partial charge is 0.399 e. The fraction of sp³-hybridized carbons (Fsp3) is 0.357. The highest BCUT2D eigenvalue weighted by Gasteiger charge is 1.99. The van der Waals surface area contributed by atoms with Crippen LogP contribution in [0.5, 0.6) is 0 Å². The molecule has 0 bridgehead atoms. The summed E-state index contributed by atoms with van der Waals surface area (Å²) < 4.78 is 7.70. The average Bonchev–Trinajstić information content (AvgIpc) is 2.77. The number of imidazole rings is 1. The number of nitrogen functional groups attached to an aromatic ring is 1. The molecule has 2 N–H and O–H groups in total. The Morgan fingerprint density at radius 2 is 2.11 bits per heavy atom. The van der Waals surface area contributed by atoms with Gasteiger partial charge in [0, 0.05) is 24.6 Å². The maximum absolute atomic E-state index is 5.86. The Morgan fingerprint density at radius 1 is 1.28 bits per heavy atom. The zero-order valence-corrected chi connectivity index (χ0v) is 10.7. The lowest BCUT2D eigenvalue weighted by Gasteiger charge is -2.08. The van der Waals surface area contributed by atoms with Crippen molar-refractivity contribution in [2.75, 3.05) is 18.9 Å². The van der Waals surface area contributed by atoms with E-state index in [2.05, 4.69) is 9.55 Å². The third-order valence-corrected chi connectivity index (χ3v) is 2.97. The van der Waals surface area contributed by atoms with Crippen molar-refractivity contribution >= 4 is 5.69 Å². The number of para-hydroxylation sites is 1. The van der Waals surface area contributed by atoms with E-state index in [0.29, 0.717) is 13.2 Å². The van der Waals surface area contributed by atoms with Crippen molar-refractivity contribution in [3.63, 3.8) is 0 Å². The van der Waals surface area contributed by atoms with Gasteiger partial charge in [-0.05, 0) is 25.0 Å². The summed E-state index contributed by atoms with van der Waals surface area (Å²) in [6, 6.07) is 7.91. The van der Waals surface area contributed by atoms with Gasteiger partial charge in [0.05, 0.1) is 13.2 Å². The highest BCUT2D eigenvalue weighted by Crippen LogP contribution is 2.10. The molecule has 4 nitrogen and oxygen atoms in total. The topological polar surface area (TPSA) is 53.1 Å². The SMILES string of the molecule is Cc1nccn1CCOCCc1ccccc1N. The molecule has 0 aliphatic rings.